The van der Waals surface area contributed by atoms with E-state index in [1.807, 2.05) is 20.8 Å². The molecule has 1 fully saturated rings. The van der Waals surface area contributed by atoms with Crippen LogP contribution >= 0.6 is 0 Å². The Morgan fingerprint density at radius 2 is 2.00 bits per heavy atom. The first-order valence-corrected chi connectivity index (χ1v) is 8.20. The summed E-state index contributed by atoms with van der Waals surface area (Å²) in [6, 6.07) is 1.54. The van der Waals surface area contributed by atoms with E-state index in [0.29, 0.717) is 5.69 Å². The van der Waals surface area contributed by atoms with Gasteiger partial charge in [0.2, 0.25) is 10.0 Å². The molecule has 1 amide bonds. The Labute approximate surface area is 119 Å². The van der Waals surface area contributed by atoms with Gasteiger partial charge >= 0.3 is 0 Å². The maximum atomic E-state index is 12.3. The molecule has 0 aliphatic heterocycles. The molecule has 1 heterocycles. The second kappa shape index (κ2) is 4.89. The molecule has 7 heteroatoms. The summed E-state index contributed by atoms with van der Waals surface area (Å²) in [7, 11) is -3.80. The summed E-state index contributed by atoms with van der Waals surface area (Å²) in [6.45, 7) is 5.63. The van der Waals surface area contributed by atoms with Gasteiger partial charge in [0.1, 0.15) is 10.6 Å². The lowest BCUT2D eigenvalue weighted by Gasteiger charge is -2.29. The molecule has 1 aliphatic rings. The summed E-state index contributed by atoms with van der Waals surface area (Å²) in [4.78, 5) is 12.3. The molecule has 112 valence electrons. The third-order valence-corrected chi connectivity index (χ3v) is 4.22. The van der Waals surface area contributed by atoms with Crippen molar-refractivity contribution in [2.24, 2.45) is 5.14 Å². The normalized spacial score (nSPS) is 16.8. The number of nitrogens with one attached hydrogen (secondary N) is 1. The van der Waals surface area contributed by atoms with Gasteiger partial charge in [-0.25, -0.2) is 13.6 Å². The van der Waals surface area contributed by atoms with Crippen molar-refractivity contribution in [2.45, 2.75) is 56.5 Å². The molecule has 0 unspecified atom stereocenters. The van der Waals surface area contributed by atoms with Gasteiger partial charge in [0.15, 0.2) is 0 Å². The molecule has 1 aromatic heterocycles. The van der Waals surface area contributed by atoms with Crippen LogP contribution in [0, 0.1) is 0 Å². The molecule has 0 bridgehead atoms. The predicted molar refractivity (Wildman–Crippen MR) is 75.9 cm³/mol. The minimum Gasteiger partial charge on any atom is -0.346 e. The van der Waals surface area contributed by atoms with Crippen LogP contribution in [0.15, 0.2) is 17.2 Å². The number of carbonyl (C=O) groups is 1. The first-order valence-electron chi connectivity index (χ1n) is 6.65. The van der Waals surface area contributed by atoms with Crippen LogP contribution in [0.1, 0.15) is 56.6 Å². The Balaban J connectivity index is 2.39. The maximum Gasteiger partial charge on any atom is 0.268 e. The van der Waals surface area contributed by atoms with E-state index in [4.69, 9.17) is 5.14 Å². The summed E-state index contributed by atoms with van der Waals surface area (Å²) >= 11 is 0. The molecule has 3 N–H and O–H groups in total. The van der Waals surface area contributed by atoms with Crippen LogP contribution in [0.3, 0.4) is 0 Å². The van der Waals surface area contributed by atoms with Gasteiger partial charge < -0.3 is 9.88 Å². The summed E-state index contributed by atoms with van der Waals surface area (Å²) in [6.07, 6.45) is 4.47. The topological polar surface area (TPSA) is 94.2 Å². The van der Waals surface area contributed by atoms with E-state index in [1.54, 1.807) is 4.57 Å². The average molecular weight is 299 g/mol. The van der Waals surface area contributed by atoms with Gasteiger partial charge in [-0.3, -0.25) is 4.79 Å². The predicted octanol–water partition coefficient (Wildman–Crippen LogP) is 1.39. The molecule has 0 aromatic carbocycles. The number of hydrogen-bond acceptors (Lipinski definition) is 3. The van der Waals surface area contributed by atoms with Crippen molar-refractivity contribution >= 4 is 15.9 Å². The number of aromatic nitrogens is 1. The molecule has 1 saturated carbocycles. The highest BCUT2D eigenvalue weighted by Crippen LogP contribution is 2.34. The molecule has 2 rings (SSSR count). The van der Waals surface area contributed by atoms with Crippen LogP contribution in [-0.2, 0) is 10.0 Å². The third-order valence-electron chi connectivity index (χ3n) is 3.34. The molecule has 0 spiro atoms. The van der Waals surface area contributed by atoms with Gasteiger partial charge in [-0.15, -0.1) is 0 Å². The summed E-state index contributed by atoms with van der Waals surface area (Å²) < 4.78 is 24.7. The van der Waals surface area contributed by atoms with Crippen molar-refractivity contribution < 1.29 is 13.2 Å². The highest BCUT2D eigenvalue weighted by Gasteiger charge is 2.28. The Hall–Kier alpha value is -1.34. The van der Waals surface area contributed by atoms with Gasteiger partial charge in [0, 0.05) is 17.8 Å². The largest absolute Gasteiger partial charge is 0.346 e. The number of primary sulfonamides is 1. The van der Waals surface area contributed by atoms with E-state index >= 15 is 0 Å². The molecule has 6 nitrogen and oxygen atoms in total. The van der Waals surface area contributed by atoms with Crippen molar-refractivity contribution in [3.63, 3.8) is 0 Å². The summed E-state index contributed by atoms with van der Waals surface area (Å²) in [5, 5.41) is 8.00. The standard InChI is InChI=1S/C13H21N3O3S/c1-13(2,3)15-12(17)11-7-10(20(14,18)19)8-16(11)9-5-4-6-9/h7-9H,4-6H2,1-3H3,(H,15,17)(H2,14,18,19). The fourth-order valence-corrected chi connectivity index (χ4v) is 2.70. The molecule has 0 atom stereocenters. The van der Waals surface area contributed by atoms with Gasteiger partial charge in [-0.1, -0.05) is 0 Å². The van der Waals surface area contributed by atoms with Gasteiger partial charge in [-0.05, 0) is 46.1 Å². The molecule has 1 aromatic rings. The Morgan fingerprint density at radius 3 is 2.40 bits per heavy atom. The average Bonchev–Trinajstić information content (AvgIpc) is 2.55. The number of amides is 1. The van der Waals surface area contributed by atoms with E-state index in [-0.39, 0.29) is 22.4 Å². The number of carbonyl (C=O) groups excluding carboxylic acids is 1. The van der Waals surface area contributed by atoms with Crippen molar-refractivity contribution in [2.75, 3.05) is 0 Å². The van der Waals surface area contributed by atoms with Crippen LogP contribution < -0.4 is 10.5 Å². The first kappa shape index (κ1) is 15.1. The highest BCUT2D eigenvalue weighted by molar-refractivity contribution is 7.89. The second-order valence-electron chi connectivity index (χ2n) is 6.30. The van der Waals surface area contributed by atoms with Crippen LogP contribution in [0.4, 0.5) is 0 Å². The van der Waals surface area contributed by atoms with Crippen LogP contribution in [0.5, 0.6) is 0 Å². The minimum atomic E-state index is -3.80. The monoisotopic (exact) mass is 299 g/mol. The smallest absolute Gasteiger partial charge is 0.268 e. The number of nitrogens with zero attached hydrogens (tertiary/aromatic N) is 1. The number of rotatable bonds is 3. The van der Waals surface area contributed by atoms with Crippen molar-refractivity contribution in [1.29, 1.82) is 0 Å². The van der Waals surface area contributed by atoms with E-state index in [0.717, 1.165) is 19.3 Å². The van der Waals surface area contributed by atoms with Crippen molar-refractivity contribution in [3.05, 3.63) is 18.0 Å². The number of nitrogens with two attached hydrogens (primary N) is 1. The van der Waals surface area contributed by atoms with E-state index < -0.39 is 10.0 Å². The Bertz CT molecular complexity index is 622. The fraction of sp³-hybridized carbons (Fsp3) is 0.615. The van der Waals surface area contributed by atoms with E-state index in [2.05, 4.69) is 5.32 Å². The lowest BCUT2D eigenvalue weighted by molar-refractivity contribution is 0.0904. The summed E-state index contributed by atoms with van der Waals surface area (Å²) in [5.74, 6) is -0.278. The molecule has 20 heavy (non-hydrogen) atoms. The zero-order chi connectivity index (χ0) is 15.1. The molecule has 0 radical (unpaired) electrons. The zero-order valence-electron chi connectivity index (χ0n) is 12.0. The van der Waals surface area contributed by atoms with E-state index in [9.17, 15) is 13.2 Å². The summed E-state index contributed by atoms with van der Waals surface area (Å²) in [5.41, 5.74) is -0.0262. The minimum absolute atomic E-state index is 0.0107. The van der Waals surface area contributed by atoms with Crippen molar-refractivity contribution in [1.82, 2.24) is 9.88 Å². The fourth-order valence-electron chi connectivity index (χ4n) is 2.16. The van der Waals surface area contributed by atoms with Crippen LogP contribution in [0.2, 0.25) is 0 Å². The lowest BCUT2D eigenvalue weighted by atomic mass is 9.93. The second-order valence-corrected chi connectivity index (χ2v) is 7.86. The molecule has 0 saturated heterocycles. The van der Waals surface area contributed by atoms with Crippen LogP contribution in [0.25, 0.3) is 0 Å². The highest BCUT2D eigenvalue weighted by atomic mass is 32.2. The van der Waals surface area contributed by atoms with Gasteiger partial charge in [0.05, 0.1) is 0 Å². The van der Waals surface area contributed by atoms with Gasteiger partial charge in [-0.2, -0.15) is 0 Å². The molecule has 1 aliphatic carbocycles. The first-order chi connectivity index (χ1) is 9.08. The molecular formula is C13H21N3O3S. The van der Waals surface area contributed by atoms with Gasteiger partial charge in [0.25, 0.3) is 5.91 Å². The van der Waals surface area contributed by atoms with E-state index in [1.165, 1.54) is 12.3 Å². The Morgan fingerprint density at radius 1 is 1.40 bits per heavy atom. The number of hydrogen-bond donors (Lipinski definition) is 2. The zero-order valence-corrected chi connectivity index (χ0v) is 12.8. The Kier molecular flexibility index (Phi) is 3.68. The van der Waals surface area contributed by atoms with Crippen molar-refractivity contribution in [3.8, 4) is 0 Å². The number of sulfonamides is 1. The quantitative estimate of drug-likeness (QED) is 0.883. The SMILES string of the molecule is CC(C)(C)NC(=O)c1cc(S(N)(=O)=O)cn1C1CCC1. The maximum absolute atomic E-state index is 12.3. The molecular weight excluding hydrogens is 278 g/mol. The third kappa shape index (κ3) is 3.21. The van der Waals surface area contributed by atoms with Crippen LogP contribution in [-0.4, -0.2) is 24.4 Å². The lowest BCUT2D eigenvalue weighted by Crippen LogP contribution is -2.41.